The number of aromatic nitrogens is 6. The van der Waals surface area contributed by atoms with E-state index in [0.29, 0.717) is 16.1 Å². The Balaban J connectivity index is 1.68. The fraction of sp³-hybridized carbons (Fsp3) is 0.0714. The third kappa shape index (κ3) is 2.40. The van der Waals surface area contributed by atoms with Crippen molar-refractivity contribution in [3.63, 3.8) is 0 Å². The lowest BCUT2D eigenvalue weighted by atomic mass is 10.1. The Morgan fingerprint density at radius 1 is 1.21 bits per heavy atom. The molecule has 0 spiro atoms. The van der Waals surface area contributed by atoms with E-state index < -0.39 is 5.56 Å². The van der Waals surface area contributed by atoms with Gasteiger partial charge in [0.15, 0.2) is 0 Å². The summed E-state index contributed by atoms with van der Waals surface area (Å²) in [5.74, 6) is 0.186. The lowest BCUT2D eigenvalue weighted by molar-refractivity contribution is 0.846. The number of rotatable bonds is 3. The number of benzene rings is 1. The van der Waals surface area contributed by atoms with Gasteiger partial charge in [0.2, 0.25) is 5.82 Å². The number of hydrogen-bond acceptors (Lipinski definition) is 6. The van der Waals surface area contributed by atoms with Gasteiger partial charge in [-0.3, -0.25) is 14.7 Å². The highest BCUT2D eigenvalue weighted by atomic mass is 35.5. The summed E-state index contributed by atoms with van der Waals surface area (Å²) < 4.78 is 1.15. The predicted molar refractivity (Wildman–Crippen MR) is 88.3 cm³/mol. The highest BCUT2D eigenvalue weighted by molar-refractivity contribution is 6.31. The SMILES string of the molecule is O=c1[nH]c2ccc(Cl)cc2cc1CNc1nnc2nc[nH]n2c1=O. The molecule has 0 aliphatic rings. The molecule has 4 aromatic rings. The molecule has 0 bridgehead atoms. The molecular formula is C14H10ClN7O2. The highest BCUT2D eigenvalue weighted by Crippen LogP contribution is 2.17. The molecule has 3 N–H and O–H groups in total. The van der Waals surface area contributed by atoms with Crippen molar-refractivity contribution >= 4 is 34.1 Å². The molecule has 0 radical (unpaired) electrons. The molecule has 3 heterocycles. The van der Waals surface area contributed by atoms with Crippen LogP contribution < -0.4 is 16.4 Å². The fourth-order valence-electron chi connectivity index (χ4n) is 2.37. The van der Waals surface area contributed by atoms with Gasteiger partial charge in [-0.25, -0.2) is 0 Å². The maximum absolute atomic E-state index is 12.2. The van der Waals surface area contributed by atoms with Crippen LogP contribution in [-0.4, -0.2) is 29.8 Å². The van der Waals surface area contributed by atoms with Crippen LogP contribution in [0.3, 0.4) is 0 Å². The molecule has 0 fully saturated rings. The van der Waals surface area contributed by atoms with Gasteiger partial charge in [-0.15, -0.1) is 10.2 Å². The second-order valence-corrected chi connectivity index (χ2v) is 5.52. The Morgan fingerprint density at radius 2 is 2.08 bits per heavy atom. The first-order valence-electron chi connectivity index (χ1n) is 6.96. The van der Waals surface area contributed by atoms with Gasteiger partial charge in [-0.2, -0.15) is 9.50 Å². The average molecular weight is 344 g/mol. The molecular weight excluding hydrogens is 334 g/mol. The van der Waals surface area contributed by atoms with E-state index >= 15 is 0 Å². The molecule has 1 aromatic carbocycles. The number of aromatic amines is 2. The molecule has 0 saturated carbocycles. The number of pyridine rings is 1. The lowest BCUT2D eigenvalue weighted by Gasteiger charge is -2.06. The number of nitrogens with zero attached hydrogens (tertiary/aromatic N) is 4. The van der Waals surface area contributed by atoms with Crippen LogP contribution in [0.15, 0.2) is 40.2 Å². The van der Waals surface area contributed by atoms with Crippen LogP contribution in [-0.2, 0) is 6.54 Å². The minimum atomic E-state index is -0.433. The third-order valence-electron chi connectivity index (χ3n) is 3.54. The van der Waals surface area contributed by atoms with Crippen molar-refractivity contribution in [1.82, 2.24) is 29.8 Å². The van der Waals surface area contributed by atoms with Crippen molar-refractivity contribution in [1.29, 1.82) is 0 Å². The zero-order valence-corrected chi connectivity index (χ0v) is 12.8. The maximum Gasteiger partial charge on any atom is 0.316 e. The summed E-state index contributed by atoms with van der Waals surface area (Å²) in [6.45, 7) is 0.113. The molecule has 0 aliphatic heterocycles. The molecule has 4 rings (SSSR count). The Kier molecular flexibility index (Phi) is 3.28. The van der Waals surface area contributed by atoms with Crippen LogP contribution in [0.4, 0.5) is 5.82 Å². The van der Waals surface area contributed by atoms with Crippen molar-refractivity contribution in [2.24, 2.45) is 0 Å². The summed E-state index contributed by atoms with van der Waals surface area (Å²) in [4.78, 5) is 30.9. The quantitative estimate of drug-likeness (QED) is 0.508. The van der Waals surface area contributed by atoms with Gasteiger partial charge < -0.3 is 10.3 Å². The second-order valence-electron chi connectivity index (χ2n) is 5.09. The van der Waals surface area contributed by atoms with Crippen molar-refractivity contribution in [2.45, 2.75) is 6.54 Å². The van der Waals surface area contributed by atoms with Crippen molar-refractivity contribution in [3.8, 4) is 0 Å². The van der Waals surface area contributed by atoms with Crippen molar-refractivity contribution in [2.75, 3.05) is 5.32 Å². The number of anilines is 1. The molecule has 0 atom stereocenters. The molecule has 0 amide bonds. The predicted octanol–water partition coefficient (Wildman–Crippen LogP) is 0.920. The molecule has 0 aliphatic carbocycles. The summed E-state index contributed by atoms with van der Waals surface area (Å²) in [7, 11) is 0. The second kappa shape index (κ2) is 5.46. The van der Waals surface area contributed by atoms with Crippen LogP contribution in [0.1, 0.15) is 5.56 Å². The largest absolute Gasteiger partial charge is 0.360 e. The van der Waals surface area contributed by atoms with E-state index in [2.05, 4.69) is 30.6 Å². The molecule has 24 heavy (non-hydrogen) atoms. The fourth-order valence-corrected chi connectivity index (χ4v) is 2.55. The van der Waals surface area contributed by atoms with Gasteiger partial charge in [-0.05, 0) is 24.3 Å². The molecule has 3 aromatic heterocycles. The van der Waals surface area contributed by atoms with Gasteiger partial charge in [-0.1, -0.05) is 11.6 Å². The van der Waals surface area contributed by atoms with E-state index in [1.54, 1.807) is 24.3 Å². The zero-order valence-electron chi connectivity index (χ0n) is 12.1. The zero-order chi connectivity index (χ0) is 16.7. The number of fused-ring (bicyclic) bond motifs is 2. The number of halogens is 1. The topological polar surface area (TPSA) is 121 Å². The molecule has 9 nitrogen and oxygen atoms in total. The number of nitrogens with one attached hydrogen (secondary N) is 3. The standard InChI is InChI=1S/C14H10ClN7O2/c15-9-1-2-10-7(4-9)3-8(12(23)19-10)5-16-11-13(24)22-14(21-20-11)17-6-18-22/h1-4,6H,5H2,(H,16,20)(H,19,23)(H,17,18,21). The molecule has 0 unspecified atom stereocenters. The monoisotopic (exact) mass is 343 g/mol. The highest BCUT2D eigenvalue weighted by Gasteiger charge is 2.09. The Labute approximate surface area is 138 Å². The van der Waals surface area contributed by atoms with Crippen LogP contribution >= 0.6 is 11.6 Å². The summed E-state index contributed by atoms with van der Waals surface area (Å²) in [6, 6.07) is 6.91. The van der Waals surface area contributed by atoms with E-state index in [9.17, 15) is 9.59 Å². The lowest BCUT2D eigenvalue weighted by Crippen LogP contribution is -2.24. The molecule has 10 heteroatoms. The van der Waals surface area contributed by atoms with Gasteiger partial charge in [0.05, 0.1) is 0 Å². The van der Waals surface area contributed by atoms with E-state index in [-0.39, 0.29) is 23.7 Å². The summed E-state index contributed by atoms with van der Waals surface area (Å²) in [5, 5.41) is 14.4. The Hall–Kier alpha value is -3.20. The van der Waals surface area contributed by atoms with E-state index in [0.717, 1.165) is 9.90 Å². The van der Waals surface area contributed by atoms with Crippen LogP contribution in [0.25, 0.3) is 16.7 Å². The van der Waals surface area contributed by atoms with Crippen LogP contribution in [0, 0.1) is 0 Å². The van der Waals surface area contributed by atoms with Gasteiger partial charge >= 0.3 is 5.56 Å². The first-order chi connectivity index (χ1) is 11.6. The Bertz CT molecular complexity index is 1180. The van der Waals surface area contributed by atoms with Gasteiger partial charge in [0.1, 0.15) is 6.33 Å². The summed E-state index contributed by atoms with van der Waals surface area (Å²) >= 11 is 5.97. The first kappa shape index (κ1) is 14.4. The van der Waals surface area contributed by atoms with Gasteiger partial charge in [0.25, 0.3) is 11.3 Å². The normalized spacial score (nSPS) is 11.2. The van der Waals surface area contributed by atoms with Gasteiger partial charge in [0, 0.05) is 28.0 Å². The summed E-state index contributed by atoms with van der Waals surface area (Å²) in [5.41, 5.74) is 0.443. The van der Waals surface area contributed by atoms with E-state index in [1.807, 2.05) is 0 Å². The van der Waals surface area contributed by atoms with Crippen LogP contribution in [0.2, 0.25) is 5.02 Å². The van der Waals surface area contributed by atoms with Crippen molar-refractivity contribution < 1.29 is 0 Å². The smallest absolute Gasteiger partial charge is 0.316 e. The van der Waals surface area contributed by atoms with E-state index in [1.165, 1.54) is 6.33 Å². The maximum atomic E-state index is 12.2. The third-order valence-corrected chi connectivity index (χ3v) is 3.78. The average Bonchev–Trinajstić information content (AvgIpc) is 3.04. The summed E-state index contributed by atoms with van der Waals surface area (Å²) in [6.07, 6.45) is 1.34. The number of H-pyrrole nitrogens is 2. The van der Waals surface area contributed by atoms with E-state index in [4.69, 9.17) is 11.6 Å². The Morgan fingerprint density at radius 3 is 2.96 bits per heavy atom. The first-order valence-corrected chi connectivity index (χ1v) is 7.34. The molecule has 120 valence electrons. The van der Waals surface area contributed by atoms with Crippen LogP contribution in [0.5, 0.6) is 0 Å². The minimum absolute atomic E-state index is 0.0161. The minimum Gasteiger partial charge on any atom is -0.360 e. The molecule has 0 saturated heterocycles. The van der Waals surface area contributed by atoms with Crippen molar-refractivity contribution in [3.05, 3.63) is 61.9 Å². The number of hydrogen-bond donors (Lipinski definition) is 3.